The Kier molecular flexibility index (Phi) is 7.46. The van der Waals surface area contributed by atoms with Gasteiger partial charge in [0, 0.05) is 19.3 Å². The van der Waals surface area contributed by atoms with Crippen molar-refractivity contribution in [3.8, 4) is 0 Å². The Morgan fingerprint density at radius 2 is 2.14 bits per heavy atom. The van der Waals surface area contributed by atoms with E-state index in [9.17, 15) is 0 Å². The Labute approximate surface area is 85.3 Å². The van der Waals surface area contributed by atoms with Crippen molar-refractivity contribution in [2.45, 2.75) is 13.3 Å². The number of carbonyl (C=O) groups excluding carboxylic acids is 1. The van der Waals surface area contributed by atoms with Gasteiger partial charge in [-0.1, -0.05) is 19.1 Å². The third-order valence-electron chi connectivity index (χ3n) is 1.72. The number of nitrogens with two attached hydrogens (primary N) is 1. The predicted octanol–water partition coefficient (Wildman–Crippen LogP) is 1.43. The van der Waals surface area contributed by atoms with Crippen LogP contribution in [0, 0.1) is 0 Å². The average Bonchev–Trinajstić information content (AvgIpc) is 2.29. The molecule has 78 valence electrons. The quantitative estimate of drug-likeness (QED) is 0.716. The van der Waals surface area contributed by atoms with Crippen molar-refractivity contribution in [1.29, 1.82) is 0 Å². The maximum absolute atomic E-state index is 9.05. The van der Waals surface area contributed by atoms with E-state index in [1.54, 1.807) is 0 Å². The first-order valence-electron chi connectivity index (χ1n) is 4.68. The Bertz CT molecular complexity index is 242. The lowest BCUT2D eigenvalue weighted by Crippen LogP contribution is -1.97. The molecule has 0 spiro atoms. The Balaban J connectivity index is 0.000000364. The van der Waals surface area contributed by atoms with Crippen LogP contribution >= 0.6 is 0 Å². The van der Waals surface area contributed by atoms with E-state index >= 15 is 0 Å². The van der Waals surface area contributed by atoms with Gasteiger partial charge in [0.25, 0.3) is 0 Å². The molecule has 3 heteroatoms. The minimum atomic E-state index is 0.139. The second kappa shape index (κ2) is 8.26. The van der Waals surface area contributed by atoms with E-state index < -0.39 is 0 Å². The molecule has 14 heavy (non-hydrogen) atoms. The summed E-state index contributed by atoms with van der Waals surface area (Å²) in [6.45, 7) is 2.30. The van der Waals surface area contributed by atoms with Crippen molar-refractivity contribution in [3.05, 3.63) is 29.8 Å². The summed E-state index contributed by atoms with van der Waals surface area (Å²) in [6, 6.07) is 8.45. The van der Waals surface area contributed by atoms with Crippen LogP contribution in [0.1, 0.15) is 12.5 Å². The van der Waals surface area contributed by atoms with E-state index in [1.165, 1.54) is 11.3 Å². The summed E-state index contributed by atoms with van der Waals surface area (Å²) in [5, 5.41) is 3.10. The topological polar surface area (TPSA) is 55.1 Å². The van der Waals surface area contributed by atoms with Crippen LogP contribution in [-0.4, -0.2) is 19.9 Å². The maximum Gasteiger partial charge on any atom is 0.133 e. The first kappa shape index (κ1) is 12.7. The van der Waals surface area contributed by atoms with Gasteiger partial charge in [-0.15, -0.1) is 0 Å². The number of carbonyl (C=O) groups is 1. The molecule has 0 aliphatic heterocycles. The van der Waals surface area contributed by atoms with Crippen LogP contribution < -0.4 is 11.1 Å². The highest BCUT2D eigenvalue weighted by Gasteiger charge is 1.88. The molecule has 1 rings (SSSR count). The van der Waals surface area contributed by atoms with Gasteiger partial charge in [-0.3, -0.25) is 0 Å². The number of benzene rings is 1. The van der Waals surface area contributed by atoms with Crippen LogP contribution in [-0.2, 0) is 11.2 Å². The molecule has 0 radical (unpaired) electrons. The van der Waals surface area contributed by atoms with Gasteiger partial charge < -0.3 is 15.8 Å². The molecule has 0 aliphatic carbocycles. The van der Waals surface area contributed by atoms with Crippen LogP contribution in [0.5, 0.6) is 0 Å². The summed E-state index contributed by atoms with van der Waals surface area (Å²) in [7, 11) is 1.94. The molecule has 3 nitrogen and oxygen atoms in total. The second-order valence-electron chi connectivity index (χ2n) is 2.71. The summed E-state index contributed by atoms with van der Waals surface area (Å²) < 4.78 is 0. The van der Waals surface area contributed by atoms with E-state index in [1.807, 2.05) is 7.05 Å². The highest BCUT2D eigenvalue weighted by molar-refractivity contribution is 5.51. The van der Waals surface area contributed by atoms with Crippen LogP contribution in [0.15, 0.2) is 24.3 Å². The van der Waals surface area contributed by atoms with Gasteiger partial charge in [-0.05, 0) is 24.1 Å². The molecule has 0 amide bonds. The first-order chi connectivity index (χ1) is 6.78. The van der Waals surface area contributed by atoms with Gasteiger partial charge >= 0.3 is 0 Å². The molecule has 0 atom stereocenters. The molecule has 1 aromatic carbocycles. The molecular weight excluding hydrogens is 176 g/mol. The molecule has 0 aliphatic rings. The molecular formula is C11H18N2O. The Morgan fingerprint density at radius 1 is 1.50 bits per heavy atom. The molecule has 0 unspecified atom stereocenters. The minimum Gasteiger partial charge on any atom is -0.388 e. The van der Waals surface area contributed by atoms with Crippen molar-refractivity contribution in [2.75, 3.05) is 18.9 Å². The number of anilines is 1. The highest BCUT2D eigenvalue weighted by atomic mass is 16.1. The normalized spacial score (nSPS) is 8.50. The van der Waals surface area contributed by atoms with E-state index in [0.717, 1.165) is 6.42 Å². The van der Waals surface area contributed by atoms with Gasteiger partial charge in [0.2, 0.25) is 0 Å². The summed E-state index contributed by atoms with van der Waals surface area (Å²) >= 11 is 0. The summed E-state index contributed by atoms with van der Waals surface area (Å²) in [6.07, 6.45) is 1.76. The molecule has 0 fully saturated rings. The van der Waals surface area contributed by atoms with E-state index in [4.69, 9.17) is 4.79 Å². The van der Waals surface area contributed by atoms with E-state index in [-0.39, 0.29) is 6.54 Å². The SMILES string of the molecule is CCc1cccc(NC)c1.NCC=O. The largest absolute Gasteiger partial charge is 0.388 e. The summed E-state index contributed by atoms with van der Waals surface area (Å²) in [5.41, 5.74) is 7.23. The zero-order valence-corrected chi connectivity index (χ0v) is 8.79. The Hall–Kier alpha value is -1.35. The minimum absolute atomic E-state index is 0.139. The van der Waals surface area contributed by atoms with Crippen molar-refractivity contribution >= 4 is 12.0 Å². The molecule has 0 saturated heterocycles. The van der Waals surface area contributed by atoms with Crippen molar-refractivity contribution < 1.29 is 4.79 Å². The number of hydrogen-bond acceptors (Lipinski definition) is 3. The Morgan fingerprint density at radius 3 is 2.57 bits per heavy atom. The molecule has 0 bridgehead atoms. The average molecular weight is 194 g/mol. The van der Waals surface area contributed by atoms with E-state index in [0.29, 0.717) is 6.29 Å². The lowest BCUT2D eigenvalue weighted by molar-refractivity contribution is -0.106. The van der Waals surface area contributed by atoms with Crippen LogP contribution in [0.25, 0.3) is 0 Å². The monoisotopic (exact) mass is 194 g/mol. The maximum atomic E-state index is 9.05. The molecule has 0 heterocycles. The lowest BCUT2D eigenvalue weighted by Gasteiger charge is -2.00. The number of rotatable bonds is 3. The van der Waals surface area contributed by atoms with Crippen molar-refractivity contribution in [3.63, 3.8) is 0 Å². The van der Waals surface area contributed by atoms with Crippen molar-refractivity contribution in [1.82, 2.24) is 0 Å². The van der Waals surface area contributed by atoms with Crippen LogP contribution in [0.3, 0.4) is 0 Å². The lowest BCUT2D eigenvalue weighted by atomic mass is 10.1. The summed E-state index contributed by atoms with van der Waals surface area (Å²) in [5.74, 6) is 0. The van der Waals surface area contributed by atoms with E-state index in [2.05, 4.69) is 42.2 Å². The second-order valence-corrected chi connectivity index (χ2v) is 2.71. The highest BCUT2D eigenvalue weighted by Crippen LogP contribution is 2.09. The smallest absolute Gasteiger partial charge is 0.133 e. The standard InChI is InChI=1S/C9H13N.C2H5NO/c1-3-8-5-4-6-9(7-8)10-2;3-1-2-4/h4-7,10H,3H2,1-2H3;2H,1,3H2. The fraction of sp³-hybridized carbons (Fsp3) is 0.364. The summed E-state index contributed by atoms with van der Waals surface area (Å²) in [4.78, 5) is 9.05. The fourth-order valence-electron chi connectivity index (χ4n) is 0.947. The molecule has 0 aromatic heterocycles. The molecule has 1 aromatic rings. The third kappa shape index (κ3) is 5.32. The number of nitrogens with one attached hydrogen (secondary N) is 1. The first-order valence-corrected chi connectivity index (χ1v) is 4.68. The predicted molar refractivity (Wildman–Crippen MR) is 60.5 cm³/mol. The third-order valence-corrected chi connectivity index (χ3v) is 1.72. The van der Waals surface area contributed by atoms with Crippen molar-refractivity contribution in [2.24, 2.45) is 5.73 Å². The number of aldehydes is 1. The number of hydrogen-bond donors (Lipinski definition) is 2. The van der Waals surface area contributed by atoms with Crippen LogP contribution in [0.4, 0.5) is 5.69 Å². The molecule has 0 saturated carbocycles. The molecule has 3 N–H and O–H groups in total. The van der Waals surface area contributed by atoms with Gasteiger partial charge in [0.1, 0.15) is 6.29 Å². The van der Waals surface area contributed by atoms with Gasteiger partial charge in [-0.25, -0.2) is 0 Å². The number of aryl methyl sites for hydroxylation is 1. The zero-order valence-electron chi connectivity index (χ0n) is 8.79. The van der Waals surface area contributed by atoms with Gasteiger partial charge in [0.05, 0.1) is 0 Å². The van der Waals surface area contributed by atoms with Crippen LogP contribution in [0.2, 0.25) is 0 Å². The van der Waals surface area contributed by atoms with Gasteiger partial charge in [-0.2, -0.15) is 0 Å². The zero-order chi connectivity index (χ0) is 10.8. The fourth-order valence-corrected chi connectivity index (χ4v) is 0.947. The van der Waals surface area contributed by atoms with Gasteiger partial charge in [0.15, 0.2) is 0 Å².